The van der Waals surface area contributed by atoms with E-state index in [1.54, 1.807) is 21.5 Å². The summed E-state index contributed by atoms with van der Waals surface area (Å²) < 4.78 is 14.7. The van der Waals surface area contributed by atoms with Gasteiger partial charge >= 0.3 is 0 Å². The van der Waals surface area contributed by atoms with E-state index in [4.69, 9.17) is 0 Å². The smallest absolute Gasteiger partial charge is 0.222 e. The molecule has 0 radical (unpaired) electrons. The fraction of sp³-hybridized carbons (Fsp3) is 0.312. The lowest BCUT2D eigenvalue weighted by Crippen LogP contribution is -2.43. The number of anilines is 1. The number of carbonyl (C=O) groups is 1. The molecule has 1 saturated heterocycles. The van der Waals surface area contributed by atoms with E-state index in [2.05, 4.69) is 15.4 Å². The molecule has 1 aliphatic rings. The monoisotopic (exact) mass is 345 g/mol. The van der Waals surface area contributed by atoms with E-state index in [0.717, 1.165) is 27.8 Å². The number of amides is 1. The third kappa shape index (κ3) is 2.84. The number of hydrogen-bond acceptors (Lipinski definition) is 5. The van der Waals surface area contributed by atoms with Gasteiger partial charge in [0.1, 0.15) is 5.82 Å². The number of carbonyl (C=O) groups excluding carboxylic acids is 1. The van der Waals surface area contributed by atoms with Crippen molar-refractivity contribution in [3.05, 3.63) is 36.3 Å². The van der Waals surface area contributed by atoms with Crippen LogP contribution in [0.5, 0.6) is 0 Å². The van der Waals surface area contributed by atoms with E-state index in [0.29, 0.717) is 13.0 Å². The standard InChI is InChI=1S/C16H16FN5OS/c1-21-8-12(6-7-14(21)23)18-15-20-22-9-13(19-16(22)24-15)10-2-4-11(17)5-3-10/h2-5,9,12H,6-8H2,1H3,(H,18,20). The van der Waals surface area contributed by atoms with Crippen molar-refractivity contribution in [2.75, 3.05) is 18.9 Å². The molecule has 3 heterocycles. The van der Waals surface area contributed by atoms with Gasteiger partial charge in [-0.25, -0.2) is 13.9 Å². The van der Waals surface area contributed by atoms with E-state index in [9.17, 15) is 9.18 Å². The zero-order valence-electron chi connectivity index (χ0n) is 13.1. The predicted octanol–water partition coefficient (Wildman–Crippen LogP) is 2.63. The number of aromatic nitrogens is 3. The second-order valence-corrected chi connectivity index (χ2v) is 6.88. The highest BCUT2D eigenvalue weighted by molar-refractivity contribution is 7.20. The number of nitrogens with one attached hydrogen (secondary N) is 1. The molecule has 8 heteroatoms. The number of likely N-dealkylation sites (tertiary alicyclic amines) is 1. The Bertz CT molecular complexity index is 856. The number of piperidine rings is 1. The van der Waals surface area contributed by atoms with Gasteiger partial charge < -0.3 is 10.2 Å². The summed E-state index contributed by atoms with van der Waals surface area (Å²) in [5.41, 5.74) is 1.62. The van der Waals surface area contributed by atoms with E-state index < -0.39 is 0 Å². The first kappa shape index (κ1) is 15.1. The normalized spacial score (nSPS) is 18.3. The molecule has 1 aliphatic heterocycles. The van der Waals surface area contributed by atoms with Gasteiger partial charge in [0.25, 0.3) is 0 Å². The van der Waals surface area contributed by atoms with Crippen molar-refractivity contribution in [2.45, 2.75) is 18.9 Å². The minimum absolute atomic E-state index is 0.186. The molecular weight excluding hydrogens is 329 g/mol. The highest BCUT2D eigenvalue weighted by atomic mass is 32.1. The molecule has 1 unspecified atom stereocenters. The van der Waals surface area contributed by atoms with Crippen molar-refractivity contribution < 1.29 is 9.18 Å². The molecule has 1 N–H and O–H groups in total. The molecule has 0 saturated carbocycles. The number of rotatable bonds is 3. The van der Waals surface area contributed by atoms with Gasteiger partial charge in [0.05, 0.1) is 11.9 Å². The van der Waals surface area contributed by atoms with Gasteiger partial charge in [-0.3, -0.25) is 4.79 Å². The van der Waals surface area contributed by atoms with Crippen LogP contribution in [0.3, 0.4) is 0 Å². The number of halogens is 1. The van der Waals surface area contributed by atoms with Crippen molar-refractivity contribution in [3.8, 4) is 11.3 Å². The van der Waals surface area contributed by atoms with Crippen molar-refractivity contribution in [1.29, 1.82) is 0 Å². The molecule has 1 amide bonds. The van der Waals surface area contributed by atoms with Gasteiger partial charge in [0.2, 0.25) is 16.0 Å². The Morgan fingerprint density at radius 3 is 2.83 bits per heavy atom. The van der Waals surface area contributed by atoms with Crippen LogP contribution >= 0.6 is 11.3 Å². The summed E-state index contributed by atoms with van der Waals surface area (Å²) in [5.74, 6) is -0.0776. The Kier molecular flexibility index (Phi) is 3.68. The predicted molar refractivity (Wildman–Crippen MR) is 90.5 cm³/mol. The molecule has 1 atom stereocenters. The fourth-order valence-corrected chi connectivity index (χ4v) is 3.68. The fourth-order valence-electron chi connectivity index (χ4n) is 2.82. The molecule has 0 aliphatic carbocycles. The summed E-state index contributed by atoms with van der Waals surface area (Å²) in [6, 6.07) is 6.46. The third-order valence-electron chi connectivity index (χ3n) is 4.14. The van der Waals surface area contributed by atoms with Gasteiger partial charge in [-0.15, -0.1) is 5.10 Å². The van der Waals surface area contributed by atoms with Crippen LogP contribution in [0, 0.1) is 5.82 Å². The second-order valence-electron chi connectivity index (χ2n) is 5.92. The summed E-state index contributed by atoms with van der Waals surface area (Å²) in [7, 11) is 1.82. The first-order chi connectivity index (χ1) is 11.6. The largest absolute Gasteiger partial charge is 0.356 e. The zero-order chi connectivity index (χ0) is 16.7. The maximum atomic E-state index is 13.0. The molecule has 2 aromatic heterocycles. The second kappa shape index (κ2) is 5.86. The van der Waals surface area contributed by atoms with Crippen molar-refractivity contribution in [3.63, 3.8) is 0 Å². The van der Waals surface area contributed by atoms with Crippen LogP contribution in [0.25, 0.3) is 16.2 Å². The number of fused-ring (bicyclic) bond motifs is 1. The molecule has 24 heavy (non-hydrogen) atoms. The number of benzene rings is 1. The number of likely N-dealkylation sites (N-methyl/N-ethyl adjacent to an activating group) is 1. The van der Waals surface area contributed by atoms with E-state index >= 15 is 0 Å². The number of hydrogen-bond donors (Lipinski definition) is 1. The number of nitrogens with zero attached hydrogens (tertiary/aromatic N) is 4. The topological polar surface area (TPSA) is 62.5 Å². The van der Waals surface area contributed by atoms with E-state index in [1.807, 2.05) is 13.2 Å². The van der Waals surface area contributed by atoms with Crippen LogP contribution in [0.1, 0.15) is 12.8 Å². The quantitative estimate of drug-likeness (QED) is 0.793. The Morgan fingerprint density at radius 1 is 1.33 bits per heavy atom. The maximum absolute atomic E-state index is 13.0. The van der Waals surface area contributed by atoms with Gasteiger partial charge in [-0.1, -0.05) is 11.3 Å². The van der Waals surface area contributed by atoms with Crippen LogP contribution in [0.2, 0.25) is 0 Å². The highest BCUT2D eigenvalue weighted by Crippen LogP contribution is 2.26. The molecular formula is C16H16FN5OS. The van der Waals surface area contributed by atoms with Crippen LogP contribution in [0.4, 0.5) is 9.52 Å². The van der Waals surface area contributed by atoms with E-state index in [-0.39, 0.29) is 17.8 Å². The van der Waals surface area contributed by atoms with Crippen LogP contribution < -0.4 is 5.32 Å². The summed E-state index contributed by atoms with van der Waals surface area (Å²) in [6.07, 6.45) is 3.21. The molecule has 3 aromatic rings. The van der Waals surface area contributed by atoms with Crippen LogP contribution in [0.15, 0.2) is 30.5 Å². The van der Waals surface area contributed by atoms with Crippen LogP contribution in [-0.2, 0) is 4.79 Å². The zero-order valence-corrected chi connectivity index (χ0v) is 13.9. The summed E-state index contributed by atoms with van der Waals surface area (Å²) >= 11 is 1.46. The average Bonchev–Trinajstić information content (AvgIpc) is 3.10. The average molecular weight is 345 g/mol. The Balaban J connectivity index is 1.51. The summed E-state index contributed by atoms with van der Waals surface area (Å²) in [6.45, 7) is 0.682. The lowest BCUT2D eigenvalue weighted by Gasteiger charge is -2.29. The first-order valence-electron chi connectivity index (χ1n) is 7.71. The molecule has 124 valence electrons. The third-order valence-corrected chi connectivity index (χ3v) is 4.99. The SMILES string of the molecule is CN1CC(Nc2nn3cc(-c4ccc(F)cc4)nc3s2)CCC1=O. The van der Waals surface area contributed by atoms with Crippen molar-refractivity contribution >= 4 is 27.3 Å². The van der Waals surface area contributed by atoms with Gasteiger partial charge in [0.15, 0.2) is 0 Å². The molecule has 1 aromatic carbocycles. The van der Waals surface area contributed by atoms with Crippen molar-refractivity contribution in [2.24, 2.45) is 0 Å². The minimum Gasteiger partial charge on any atom is -0.356 e. The Labute approximate surface area is 141 Å². The molecule has 0 bridgehead atoms. The van der Waals surface area contributed by atoms with Gasteiger partial charge in [-0.2, -0.15) is 0 Å². The molecule has 6 nitrogen and oxygen atoms in total. The van der Waals surface area contributed by atoms with Gasteiger partial charge in [0, 0.05) is 31.6 Å². The Hall–Kier alpha value is -2.48. The van der Waals surface area contributed by atoms with Gasteiger partial charge in [-0.05, 0) is 30.7 Å². The number of imidazole rings is 1. The lowest BCUT2D eigenvalue weighted by atomic mass is 10.1. The first-order valence-corrected chi connectivity index (χ1v) is 8.53. The summed E-state index contributed by atoms with van der Waals surface area (Å²) in [5, 5.41) is 8.66. The Morgan fingerprint density at radius 2 is 2.12 bits per heavy atom. The van der Waals surface area contributed by atoms with Crippen LogP contribution in [-0.4, -0.2) is 45.0 Å². The minimum atomic E-state index is -0.264. The van der Waals surface area contributed by atoms with Crippen molar-refractivity contribution in [1.82, 2.24) is 19.5 Å². The lowest BCUT2D eigenvalue weighted by molar-refractivity contribution is -0.132. The molecule has 1 fully saturated rings. The maximum Gasteiger partial charge on any atom is 0.222 e. The van der Waals surface area contributed by atoms with E-state index in [1.165, 1.54) is 23.5 Å². The molecule has 4 rings (SSSR count). The highest BCUT2D eigenvalue weighted by Gasteiger charge is 2.23. The summed E-state index contributed by atoms with van der Waals surface area (Å²) in [4.78, 5) is 18.6. The molecule has 0 spiro atoms.